The van der Waals surface area contributed by atoms with E-state index in [-0.39, 0.29) is 23.7 Å². The molecule has 0 atom stereocenters. The monoisotopic (exact) mass is 486 g/mol. The Morgan fingerprint density at radius 2 is 1.74 bits per heavy atom. The smallest absolute Gasteiger partial charge is 0.198 e. The lowest BCUT2D eigenvalue weighted by Crippen LogP contribution is -2.47. The summed E-state index contributed by atoms with van der Waals surface area (Å²) in [6.45, 7) is 5.54. The minimum absolute atomic E-state index is 0.132. The number of halogens is 1. The highest BCUT2D eigenvalue weighted by Crippen LogP contribution is 2.34. The van der Waals surface area contributed by atoms with E-state index in [0.717, 1.165) is 69.0 Å². The van der Waals surface area contributed by atoms with Crippen molar-refractivity contribution in [3.63, 3.8) is 0 Å². The van der Waals surface area contributed by atoms with Crippen molar-refractivity contribution in [1.29, 1.82) is 0 Å². The van der Waals surface area contributed by atoms with Gasteiger partial charge in [0.25, 0.3) is 0 Å². The van der Waals surface area contributed by atoms with Crippen molar-refractivity contribution < 1.29 is 19.3 Å². The number of anilines is 1. The molecule has 2 N–H and O–H groups in total. The quantitative estimate of drug-likeness (QED) is 0.526. The third-order valence-corrected chi connectivity index (χ3v) is 7.80. The molecule has 2 saturated carbocycles. The largest absolute Gasteiger partial charge is 0.494 e. The zero-order valence-corrected chi connectivity index (χ0v) is 20.8. The molecule has 2 aliphatic carbocycles. The Morgan fingerprint density at radius 1 is 1.00 bits per heavy atom. The summed E-state index contributed by atoms with van der Waals surface area (Å²) in [5.41, 5.74) is 1.65. The molecule has 3 fully saturated rings. The van der Waals surface area contributed by atoms with Crippen molar-refractivity contribution in [2.75, 3.05) is 44.7 Å². The molecule has 1 aromatic heterocycles. The van der Waals surface area contributed by atoms with Gasteiger partial charge in [-0.15, -0.1) is 0 Å². The molecule has 0 radical (unpaired) electrons. The van der Waals surface area contributed by atoms with Crippen LogP contribution >= 0.6 is 0 Å². The molecule has 35 heavy (non-hydrogen) atoms. The first-order valence-corrected chi connectivity index (χ1v) is 13.2. The SMILES string of the molecule is CN(Cc1cc(O)n(CCCN2CCN(c3cc(F)ccc3OC3CCCC3)CC2)c1O)C1CC1. The molecule has 1 aromatic carbocycles. The molecule has 2 heterocycles. The summed E-state index contributed by atoms with van der Waals surface area (Å²) in [6.07, 6.45) is 8.08. The van der Waals surface area contributed by atoms with Gasteiger partial charge in [-0.05, 0) is 70.7 Å². The van der Waals surface area contributed by atoms with Crippen LogP contribution in [0, 0.1) is 5.82 Å². The van der Waals surface area contributed by atoms with Crippen LogP contribution in [-0.4, -0.2) is 76.5 Å². The Balaban J connectivity index is 1.11. The first kappa shape index (κ1) is 24.3. The van der Waals surface area contributed by atoms with Crippen LogP contribution in [0.15, 0.2) is 24.3 Å². The van der Waals surface area contributed by atoms with Crippen LogP contribution in [0.2, 0.25) is 0 Å². The first-order chi connectivity index (χ1) is 17.0. The molecule has 5 rings (SSSR count). The lowest BCUT2D eigenvalue weighted by molar-refractivity contribution is 0.208. The van der Waals surface area contributed by atoms with E-state index in [1.165, 1.54) is 31.7 Å². The van der Waals surface area contributed by atoms with Crippen molar-refractivity contribution in [2.24, 2.45) is 0 Å². The molecule has 2 aromatic rings. The number of rotatable bonds is 10. The normalized spacial score (nSPS) is 19.7. The molecule has 1 aliphatic heterocycles. The molecule has 0 spiro atoms. The second-order valence-corrected chi connectivity index (χ2v) is 10.5. The summed E-state index contributed by atoms with van der Waals surface area (Å²) in [6, 6.07) is 7.18. The summed E-state index contributed by atoms with van der Waals surface area (Å²) in [5.74, 6) is 0.886. The third kappa shape index (κ3) is 5.86. The molecule has 8 heteroatoms. The van der Waals surface area contributed by atoms with Crippen LogP contribution in [0.25, 0.3) is 0 Å². The van der Waals surface area contributed by atoms with Gasteiger partial charge in [0.2, 0.25) is 0 Å². The first-order valence-electron chi connectivity index (χ1n) is 13.2. The number of benzene rings is 1. The summed E-state index contributed by atoms with van der Waals surface area (Å²) in [7, 11) is 2.07. The average molecular weight is 487 g/mol. The van der Waals surface area contributed by atoms with Gasteiger partial charge in [0, 0.05) is 63.0 Å². The Bertz CT molecular complexity index is 995. The fourth-order valence-corrected chi connectivity index (χ4v) is 5.52. The predicted molar refractivity (Wildman–Crippen MR) is 135 cm³/mol. The van der Waals surface area contributed by atoms with Gasteiger partial charge in [-0.25, -0.2) is 4.39 Å². The topological polar surface area (TPSA) is 64.3 Å². The van der Waals surface area contributed by atoms with Gasteiger partial charge in [-0.1, -0.05) is 0 Å². The second-order valence-electron chi connectivity index (χ2n) is 10.5. The van der Waals surface area contributed by atoms with Crippen LogP contribution in [0.5, 0.6) is 17.5 Å². The molecule has 1 saturated heterocycles. The second kappa shape index (κ2) is 10.7. The maximum absolute atomic E-state index is 14.1. The Morgan fingerprint density at radius 3 is 2.46 bits per heavy atom. The lowest BCUT2D eigenvalue weighted by Gasteiger charge is -2.37. The minimum Gasteiger partial charge on any atom is -0.494 e. The highest BCUT2D eigenvalue weighted by atomic mass is 19.1. The predicted octanol–water partition coefficient (Wildman–Crippen LogP) is 4.17. The van der Waals surface area contributed by atoms with Gasteiger partial charge >= 0.3 is 0 Å². The van der Waals surface area contributed by atoms with Crippen LogP contribution < -0.4 is 9.64 Å². The summed E-state index contributed by atoms with van der Waals surface area (Å²) < 4.78 is 21.9. The van der Waals surface area contributed by atoms with Crippen molar-refractivity contribution in [2.45, 2.75) is 70.2 Å². The Kier molecular flexibility index (Phi) is 7.39. The molecule has 192 valence electrons. The van der Waals surface area contributed by atoms with Crippen molar-refractivity contribution in [1.82, 2.24) is 14.4 Å². The summed E-state index contributed by atoms with van der Waals surface area (Å²) in [5, 5.41) is 21.0. The van der Waals surface area contributed by atoms with E-state index in [1.807, 2.05) is 0 Å². The summed E-state index contributed by atoms with van der Waals surface area (Å²) >= 11 is 0. The van der Waals surface area contributed by atoms with Crippen LogP contribution in [-0.2, 0) is 13.1 Å². The van der Waals surface area contributed by atoms with Crippen molar-refractivity contribution in [3.05, 3.63) is 35.6 Å². The minimum atomic E-state index is -0.227. The van der Waals surface area contributed by atoms with Gasteiger partial charge in [0.1, 0.15) is 11.6 Å². The van der Waals surface area contributed by atoms with Gasteiger partial charge in [0.05, 0.1) is 11.8 Å². The van der Waals surface area contributed by atoms with Crippen LogP contribution in [0.1, 0.15) is 50.5 Å². The third-order valence-electron chi connectivity index (χ3n) is 7.80. The van der Waals surface area contributed by atoms with E-state index in [2.05, 4.69) is 21.7 Å². The van der Waals surface area contributed by atoms with E-state index in [1.54, 1.807) is 22.8 Å². The molecular weight excluding hydrogens is 447 g/mol. The van der Waals surface area contributed by atoms with Crippen molar-refractivity contribution in [3.8, 4) is 17.5 Å². The molecule has 3 aliphatic rings. The summed E-state index contributed by atoms with van der Waals surface area (Å²) in [4.78, 5) is 6.87. The maximum Gasteiger partial charge on any atom is 0.198 e. The van der Waals surface area contributed by atoms with Gasteiger partial charge in [0.15, 0.2) is 11.8 Å². The lowest BCUT2D eigenvalue weighted by atomic mass is 10.2. The molecule has 0 amide bonds. The van der Waals surface area contributed by atoms with E-state index < -0.39 is 0 Å². The zero-order valence-electron chi connectivity index (χ0n) is 20.8. The average Bonchev–Trinajstić information content (AvgIpc) is 3.52. The zero-order chi connectivity index (χ0) is 24.4. The molecule has 7 nitrogen and oxygen atoms in total. The number of hydrogen-bond acceptors (Lipinski definition) is 6. The van der Waals surface area contributed by atoms with Gasteiger partial charge in [-0.3, -0.25) is 14.4 Å². The van der Waals surface area contributed by atoms with Crippen LogP contribution in [0.3, 0.4) is 0 Å². The standard InChI is InChI=1S/C27H39FN4O3/c1-29(22-8-9-22)19-20-17-26(33)32(27(20)34)12-4-11-30-13-15-31(16-14-30)24-18-21(28)7-10-25(24)35-23-5-2-3-6-23/h7,10,17-18,22-23,33-34H,2-6,8-9,11-16,19H2,1H3. The fourth-order valence-electron chi connectivity index (χ4n) is 5.52. The highest BCUT2D eigenvalue weighted by molar-refractivity contribution is 5.59. The molecule has 0 unspecified atom stereocenters. The number of nitrogens with zero attached hydrogens (tertiary/aromatic N) is 4. The van der Waals surface area contributed by atoms with Gasteiger partial charge < -0.3 is 19.8 Å². The maximum atomic E-state index is 14.1. The molecule has 0 bridgehead atoms. The van der Waals surface area contributed by atoms with E-state index >= 15 is 0 Å². The number of aromatic nitrogens is 1. The van der Waals surface area contributed by atoms with Crippen LogP contribution in [0.4, 0.5) is 10.1 Å². The number of ether oxygens (including phenoxy) is 1. The Hall–Kier alpha value is -2.45. The fraction of sp³-hybridized carbons (Fsp3) is 0.630. The number of aromatic hydroxyl groups is 2. The highest BCUT2D eigenvalue weighted by Gasteiger charge is 2.28. The van der Waals surface area contributed by atoms with Gasteiger partial charge in [-0.2, -0.15) is 0 Å². The van der Waals surface area contributed by atoms with E-state index in [0.29, 0.717) is 19.1 Å². The number of piperazine rings is 1. The molecular formula is C27H39FN4O3. The van der Waals surface area contributed by atoms with E-state index in [4.69, 9.17) is 4.74 Å². The number of hydrogen-bond donors (Lipinski definition) is 2. The van der Waals surface area contributed by atoms with E-state index in [9.17, 15) is 14.6 Å². The van der Waals surface area contributed by atoms with Crippen molar-refractivity contribution >= 4 is 5.69 Å². The Labute approximate surface area is 207 Å².